The zero-order chi connectivity index (χ0) is 17.8. The van der Waals surface area contributed by atoms with Gasteiger partial charge in [-0.05, 0) is 18.3 Å². The summed E-state index contributed by atoms with van der Waals surface area (Å²) in [4.78, 5) is 20.1. The number of carbonyl (C=O) groups excluding carboxylic acids is 2. The van der Waals surface area contributed by atoms with Gasteiger partial charge in [-0.15, -0.1) is 0 Å². The van der Waals surface area contributed by atoms with Gasteiger partial charge in [0.2, 0.25) is 0 Å². The van der Waals surface area contributed by atoms with E-state index in [0.717, 1.165) is 37.8 Å². The summed E-state index contributed by atoms with van der Waals surface area (Å²) in [5.41, 5.74) is 0. The van der Waals surface area contributed by atoms with Crippen LogP contribution in [0.15, 0.2) is 0 Å². The molecule has 0 bridgehead atoms. The lowest BCUT2D eigenvalue weighted by atomic mass is 9.98. The number of hydrogen-bond acceptors (Lipinski definition) is 2. The summed E-state index contributed by atoms with van der Waals surface area (Å²) < 4.78 is 0. The van der Waals surface area contributed by atoms with E-state index in [-0.39, 0.29) is 0 Å². The molecule has 0 aliphatic carbocycles. The highest BCUT2D eigenvalue weighted by molar-refractivity contribution is 5.49. The Kier molecular flexibility index (Phi) is 22.8. The molecule has 23 heavy (non-hydrogen) atoms. The van der Waals surface area contributed by atoms with E-state index in [9.17, 15) is 9.59 Å². The fourth-order valence-corrected chi connectivity index (χ4v) is 2.52. The van der Waals surface area contributed by atoms with Crippen LogP contribution in [0.2, 0.25) is 0 Å². The number of unbranched alkanes of at least 4 members (excludes halogenated alkanes) is 8. The third-order valence-electron chi connectivity index (χ3n) is 4.15. The highest BCUT2D eigenvalue weighted by Crippen LogP contribution is 2.13. The Morgan fingerprint density at radius 1 is 0.696 bits per heavy atom. The quantitative estimate of drug-likeness (QED) is 0.246. The first-order valence-corrected chi connectivity index (χ1v) is 9.95. The minimum atomic E-state index is 0.589. The van der Waals surface area contributed by atoms with E-state index in [1.165, 1.54) is 64.2 Å². The van der Waals surface area contributed by atoms with Crippen molar-refractivity contribution in [2.45, 2.75) is 111 Å². The van der Waals surface area contributed by atoms with E-state index in [1.54, 1.807) is 0 Å². The van der Waals surface area contributed by atoms with Gasteiger partial charge in [0.05, 0.1) is 0 Å². The SMILES string of the molecule is CC(C)CCCC(C)CC=O.CCCCCCCCCCC=O. The first-order chi connectivity index (χ1) is 11.1. The molecular formula is C21H42O2. The predicted octanol–water partition coefficient (Wildman–Crippen LogP) is 6.75. The van der Waals surface area contributed by atoms with Crippen LogP contribution in [0.25, 0.3) is 0 Å². The lowest BCUT2D eigenvalue weighted by Crippen LogP contribution is -1.96. The summed E-state index contributed by atoms with van der Waals surface area (Å²) in [6, 6.07) is 0. The van der Waals surface area contributed by atoms with Crippen LogP contribution in [0.5, 0.6) is 0 Å². The molecule has 138 valence electrons. The molecule has 0 aliphatic heterocycles. The summed E-state index contributed by atoms with van der Waals surface area (Å²) in [5.74, 6) is 1.39. The molecule has 0 spiro atoms. The largest absolute Gasteiger partial charge is 0.303 e. The van der Waals surface area contributed by atoms with Gasteiger partial charge in [0.15, 0.2) is 0 Å². The minimum Gasteiger partial charge on any atom is -0.303 e. The number of aldehydes is 2. The Morgan fingerprint density at radius 2 is 1.26 bits per heavy atom. The summed E-state index contributed by atoms with van der Waals surface area (Å²) in [6.45, 7) is 8.87. The summed E-state index contributed by atoms with van der Waals surface area (Å²) in [5, 5.41) is 0. The van der Waals surface area contributed by atoms with E-state index >= 15 is 0 Å². The molecular weight excluding hydrogens is 284 g/mol. The molecule has 0 aliphatic rings. The van der Waals surface area contributed by atoms with Gasteiger partial charge >= 0.3 is 0 Å². The Labute approximate surface area is 145 Å². The standard InChI is InChI=1S/C11H22O.C10H20O/c1-2-3-4-5-6-7-8-9-10-11-12;1-9(2)5-4-6-10(3)7-8-11/h11H,2-10H2,1H3;8-10H,4-7H2,1-3H3. The maximum Gasteiger partial charge on any atom is 0.120 e. The van der Waals surface area contributed by atoms with Gasteiger partial charge in [-0.25, -0.2) is 0 Å². The van der Waals surface area contributed by atoms with Crippen LogP contribution in [0.1, 0.15) is 111 Å². The molecule has 0 fully saturated rings. The van der Waals surface area contributed by atoms with Gasteiger partial charge in [-0.2, -0.15) is 0 Å². The fraction of sp³-hybridized carbons (Fsp3) is 0.905. The zero-order valence-corrected chi connectivity index (χ0v) is 16.3. The maximum atomic E-state index is 10.1. The van der Waals surface area contributed by atoms with Crippen molar-refractivity contribution in [3.63, 3.8) is 0 Å². The van der Waals surface area contributed by atoms with Crippen LogP contribution < -0.4 is 0 Å². The van der Waals surface area contributed by atoms with Crippen molar-refractivity contribution in [1.29, 1.82) is 0 Å². The smallest absolute Gasteiger partial charge is 0.120 e. The third kappa shape index (κ3) is 26.5. The van der Waals surface area contributed by atoms with Gasteiger partial charge < -0.3 is 9.59 Å². The van der Waals surface area contributed by atoms with Crippen molar-refractivity contribution in [3.8, 4) is 0 Å². The molecule has 0 rings (SSSR count). The maximum absolute atomic E-state index is 10.1. The number of carbonyl (C=O) groups is 2. The topological polar surface area (TPSA) is 34.1 Å². The molecule has 2 nitrogen and oxygen atoms in total. The zero-order valence-electron chi connectivity index (χ0n) is 16.3. The van der Waals surface area contributed by atoms with Gasteiger partial charge in [-0.3, -0.25) is 0 Å². The Morgan fingerprint density at radius 3 is 1.74 bits per heavy atom. The highest BCUT2D eigenvalue weighted by Gasteiger charge is 2.01. The summed E-state index contributed by atoms with van der Waals surface area (Å²) in [7, 11) is 0. The van der Waals surface area contributed by atoms with Crippen molar-refractivity contribution in [3.05, 3.63) is 0 Å². The average Bonchev–Trinajstić information content (AvgIpc) is 2.50. The van der Waals surface area contributed by atoms with Crippen molar-refractivity contribution < 1.29 is 9.59 Å². The van der Waals surface area contributed by atoms with E-state index in [4.69, 9.17) is 0 Å². The molecule has 2 heteroatoms. The van der Waals surface area contributed by atoms with Crippen molar-refractivity contribution >= 4 is 12.6 Å². The van der Waals surface area contributed by atoms with Gasteiger partial charge in [0.25, 0.3) is 0 Å². The predicted molar refractivity (Wildman–Crippen MR) is 102 cm³/mol. The van der Waals surface area contributed by atoms with Crippen LogP contribution in [-0.2, 0) is 9.59 Å². The first kappa shape index (κ1) is 24.6. The molecule has 0 aromatic carbocycles. The van der Waals surface area contributed by atoms with Gasteiger partial charge in [0.1, 0.15) is 12.6 Å². The van der Waals surface area contributed by atoms with Gasteiger partial charge in [0, 0.05) is 12.8 Å². The third-order valence-corrected chi connectivity index (χ3v) is 4.15. The normalized spacial score (nSPS) is 11.7. The van der Waals surface area contributed by atoms with Crippen molar-refractivity contribution in [2.24, 2.45) is 11.8 Å². The Hall–Kier alpha value is -0.660. The monoisotopic (exact) mass is 326 g/mol. The van der Waals surface area contributed by atoms with Crippen LogP contribution in [0.4, 0.5) is 0 Å². The lowest BCUT2D eigenvalue weighted by molar-refractivity contribution is -0.109. The Bertz CT molecular complexity index is 236. The minimum absolute atomic E-state index is 0.589. The van der Waals surface area contributed by atoms with Crippen LogP contribution >= 0.6 is 0 Å². The molecule has 0 saturated heterocycles. The number of hydrogen-bond donors (Lipinski definition) is 0. The second-order valence-electron chi connectivity index (χ2n) is 7.26. The highest BCUT2D eigenvalue weighted by atomic mass is 16.1. The Balaban J connectivity index is 0. The summed E-state index contributed by atoms with van der Waals surface area (Å²) >= 11 is 0. The fourth-order valence-electron chi connectivity index (χ4n) is 2.52. The van der Waals surface area contributed by atoms with Crippen molar-refractivity contribution in [1.82, 2.24) is 0 Å². The average molecular weight is 327 g/mol. The van der Waals surface area contributed by atoms with E-state index in [0.29, 0.717) is 5.92 Å². The first-order valence-electron chi connectivity index (χ1n) is 9.95. The van der Waals surface area contributed by atoms with Gasteiger partial charge in [-0.1, -0.05) is 91.9 Å². The molecule has 0 N–H and O–H groups in total. The van der Waals surface area contributed by atoms with Crippen LogP contribution in [-0.4, -0.2) is 12.6 Å². The molecule has 1 atom stereocenters. The lowest BCUT2D eigenvalue weighted by Gasteiger charge is -2.08. The second-order valence-corrected chi connectivity index (χ2v) is 7.26. The molecule has 0 saturated carbocycles. The molecule has 0 heterocycles. The second kappa shape index (κ2) is 21.3. The molecule has 0 radical (unpaired) electrons. The summed E-state index contributed by atoms with van der Waals surface area (Å²) in [6.07, 6.45) is 17.8. The molecule has 0 amide bonds. The molecule has 1 unspecified atom stereocenters. The van der Waals surface area contributed by atoms with E-state index in [2.05, 4.69) is 27.7 Å². The number of rotatable bonds is 15. The van der Waals surface area contributed by atoms with E-state index in [1.807, 2.05) is 0 Å². The van der Waals surface area contributed by atoms with E-state index < -0.39 is 0 Å². The van der Waals surface area contributed by atoms with Crippen LogP contribution in [0.3, 0.4) is 0 Å². The van der Waals surface area contributed by atoms with Crippen molar-refractivity contribution in [2.75, 3.05) is 0 Å². The molecule has 0 aromatic rings. The molecule has 0 aromatic heterocycles. The van der Waals surface area contributed by atoms with Crippen LogP contribution in [0, 0.1) is 11.8 Å².